The van der Waals surface area contributed by atoms with Crippen LogP contribution in [0.5, 0.6) is 0 Å². The van der Waals surface area contributed by atoms with Gasteiger partial charge in [0.25, 0.3) is 0 Å². The molecule has 0 aromatic heterocycles. The number of nitrogens with one attached hydrogen (secondary N) is 1. The van der Waals surface area contributed by atoms with Gasteiger partial charge in [-0.3, -0.25) is 4.90 Å². The van der Waals surface area contributed by atoms with Gasteiger partial charge in [-0.05, 0) is 39.7 Å². The maximum Gasteiger partial charge on any atom is 0.0601 e. The topological polar surface area (TPSA) is 24.5 Å². The Bertz CT molecular complexity index is 202. The molecule has 1 heterocycles. The Morgan fingerprint density at radius 3 is 2.53 bits per heavy atom. The minimum Gasteiger partial charge on any atom is -0.381 e. The molecule has 1 aliphatic heterocycles. The van der Waals surface area contributed by atoms with Crippen molar-refractivity contribution in [2.45, 2.75) is 56.8 Å². The predicted octanol–water partition coefficient (Wildman–Crippen LogP) is 1.24. The highest BCUT2D eigenvalue weighted by Gasteiger charge is 2.37. The largest absolute Gasteiger partial charge is 0.381 e. The van der Waals surface area contributed by atoms with Gasteiger partial charge in [-0.1, -0.05) is 0 Å². The summed E-state index contributed by atoms with van der Waals surface area (Å²) in [5.74, 6) is 0. The van der Waals surface area contributed by atoms with Crippen molar-refractivity contribution in [3.05, 3.63) is 0 Å². The molecule has 2 aliphatic rings. The van der Waals surface area contributed by atoms with Crippen LogP contribution in [0.1, 0.15) is 32.6 Å². The molecule has 3 heteroatoms. The van der Waals surface area contributed by atoms with Crippen LogP contribution in [0.15, 0.2) is 0 Å². The maximum atomic E-state index is 5.35. The highest BCUT2D eigenvalue weighted by Crippen LogP contribution is 2.32. The van der Waals surface area contributed by atoms with E-state index in [1.807, 2.05) is 7.11 Å². The molecule has 1 N–H and O–H groups in total. The van der Waals surface area contributed by atoms with E-state index in [9.17, 15) is 0 Å². The molecule has 2 rings (SSSR count). The van der Waals surface area contributed by atoms with E-state index in [1.165, 1.54) is 32.2 Å². The monoisotopic (exact) mass is 212 g/mol. The molecule has 2 fully saturated rings. The number of ether oxygens (including phenoxy) is 1. The first-order valence-corrected chi connectivity index (χ1v) is 6.20. The normalized spacial score (nSPS) is 42.6. The van der Waals surface area contributed by atoms with E-state index in [1.54, 1.807) is 0 Å². The molecule has 0 aromatic carbocycles. The number of nitrogens with zero attached hydrogens (tertiary/aromatic N) is 1. The molecule has 1 saturated heterocycles. The molecule has 15 heavy (non-hydrogen) atoms. The minimum absolute atomic E-state index is 0.532. The molecule has 0 radical (unpaired) electrons. The van der Waals surface area contributed by atoms with Crippen molar-refractivity contribution in [2.24, 2.45) is 0 Å². The minimum atomic E-state index is 0.532. The van der Waals surface area contributed by atoms with Crippen molar-refractivity contribution >= 4 is 0 Å². The van der Waals surface area contributed by atoms with Gasteiger partial charge >= 0.3 is 0 Å². The number of likely N-dealkylation sites (tertiary alicyclic amines) is 1. The average Bonchev–Trinajstić information content (AvgIpc) is 2.18. The summed E-state index contributed by atoms with van der Waals surface area (Å²) in [7, 11) is 3.91. The lowest BCUT2D eigenvalue weighted by Crippen LogP contribution is -2.56. The van der Waals surface area contributed by atoms with Gasteiger partial charge in [0.15, 0.2) is 0 Å². The Morgan fingerprint density at radius 2 is 2.00 bits per heavy atom. The van der Waals surface area contributed by atoms with Crippen LogP contribution in [-0.2, 0) is 4.74 Å². The Hall–Kier alpha value is -0.120. The zero-order valence-electron chi connectivity index (χ0n) is 10.2. The lowest BCUT2D eigenvalue weighted by Gasteiger charge is -2.48. The predicted molar refractivity (Wildman–Crippen MR) is 62.1 cm³/mol. The fraction of sp³-hybridized carbons (Fsp3) is 1.00. The number of hydrogen-bond donors (Lipinski definition) is 1. The van der Waals surface area contributed by atoms with Gasteiger partial charge in [0.05, 0.1) is 6.10 Å². The molecule has 2 unspecified atom stereocenters. The average molecular weight is 212 g/mol. The van der Waals surface area contributed by atoms with Crippen LogP contribution in [0, 0.1) is 0 Å². The van der Waals surface area contributed by atoms with Crippen LogP contribution in [0.4, 0.5) is 0 Å². The van der Waals surface area contributed by atoms with Crippen molar-refractivity contribution in [3.63, 3.8) is 0 Å². The van der Waals surface area contributed by atoms with Crippen LogP contribution >= 0.6 is 0 Å². The van der Waals surface area contributed by atoms with Crippen molar-refractivity contribution < 1.29 is 4.74 Å². The number of methoxy groups -OCH3 is 1. The van der Waals surface area contributed by atoms with Crippen LogP contribution in [0.3, 0.4) is 0 Å². The second-order valence-corrected chi connectivity index (χ2v) is 5.08. The summed E-state index contributed by atoms with van der Waals surface area (Å²) in [6.45, 7) is 3.62. The molecule has 0 spiro atoms. The molecule has 3 nitrogen and oxygen atoms in total. The Morgan fingerprint density at radius 1 is 1.27 bits per heavy atom. The van der Waals surface area contributed by atoms with E-state index in [2.05, 4.69) is 24.2 Å². The second kappa shape index (κ2) is 4.81. The van der Waals surface area contributed by atoms with Crippen LogP contribution < -0.4 is 5.32 Å². The zero-order valence-corrected chi connectivity index (χ0v) is 10.2. The molecule has 0 amide bonds. The van der Waals surface area contributed by atoms with Crippen molar-refractivity contribution in [1.82, 2.24) is 10.2 Å². The van der Waals surface area contributed by atoms with E-state index in [0.717, 1.165) is 18.1 Å². The standard InChI is InChI=1S/C12H24N2O/c1-9-6-10(13-2)4-5-14(9)11-7-12(8-11)15-3/h9-13H,4-8H2,1-3H3. The summed E-state index contributed by atoms with van der Waals surface area (Å²) >= 11 is 0. The number of rotatable bonds is 3. The fourth-order valence-corrected chi connectivity index (χ4v) is 3.00. The molecular weight excluding hydrogens is 188 g/mol. The maximum absolute atomic E-state index is 5.35. The van der Waals surface area contributed by atoms with Crippen LogP contribution in [0.2, 0.25) is 0 Å². The molecule has 0 bridgehead atoms. The van der Waals surface area contributed by atoms with E-state index in [4.69, 9.17) is 4.74 Å². The van der Waals surface area contributed by atoms with Crippen molar-refractivity contribution in [2.75, 3.05) is 20.7 Å². The Balaban J connectivity index is 1.80. The third-order valence-corrected chi connectivity index (χ3v) is 4.21. The zero-order chi connectivity index (χ0) is 10.8. The SMILES string of the molecule is CNC1CCN(C2CC(OC)C2)C(C)C1. The highest BCUT2D eigenvalue weighted by molar-refractivity contribution is 4.93. The van der Waals surface area contributed by atoms with E-state index in [-0.39, 0.29) is 0 Å². The molecule has 2 atom stereocenters. The van der Waals surface area contributed by atoms with Gasteiger partial charge in [0.2, 0.25) is 0 Å². The van der Waals surface area contributed by atoms with Gasteiger partial charge in [-0.25, -0.2) is 0 Å². The first-order valence-electron chi connectivity index (χ1n) is 6.20. The van der Waals surface area contributed by atoms with Gasteiger partial charge < -0.3 is 10.1 Å². The summed E-state index contributed by atoms with van der Waals surface area (Å²) in [5, 5.41) is 3.40. The first-order chi connectivity index (χ1) is 7.24. The summed E-state index contributed by atoms with van der Waals surface area (Å²) in [4.78, 5) is 2.68. The second-order valence-electron chi connectivity index (χ2n) is 5.08. The summed E-state index contributed by atoms with van der Waals surface area (Å²) in [6, 6.07) is 2.26. The quantitative estimate of drug-likeness (QED) is 0.761. The van der Waals surface area contributed by atoms with Crippen LogP contribution in [0.25, 0.3) is 0 Å². The van der Waals surface area contributed by atoms with Crippen molar-refractivity contribution in [3.8, 4) is 0 Å². The third kappa shape index (κ3) is 2.35. The molecule has 1 aliphatic carbocycles. The molecular formula is C12H24N2O. The van der Waals surface area contributed by atoms with Crippen LogP contribution in [-0.4, -0.2) is 49.8 Å². The summed E-state index contributed by atoms with van der Waals surface area (Å²) in [5.41, 5.74) is 0. The van der Waals surface area contributed by atoms with Gasteiger partial charge in [0, 0.05) is 31.8 Å². The molecule has 1 saturated carbocycles. The Labute approximate surface area is 93.2 Å². The van der Waals surface area contributed by atoms with E-state index < -0.39 is 0 Å². The third-order valence-electron chi connectivity index (χ3n) is 4.21. The molecule has 0 aromatic rings. The number of piperidine rings is 1. The van der Waals surface area contributed by atoms with E-state index in [0.29, 0.717) is 6.10 Å². The van der Waals surface area contributed by atoms with Gasteiger partial charge in [-0.15, -0.1) is 0 Å². The van der Waals surface area contributed by atoms with Gasteiger partial charge in [-0.2, -0.15) is 0 Å². The smallest absolute Gasteiger partial charge is 0.0601 e. The fourth-order valence-electron chi connectivity index (χ4n) is 3.00. The summed E-state index contributed by atoms with van der Waals surface area (Å²) < 4.78 is 5.35. The summed E-state index contributed by atoms with van der Waals surface area (Å²) in [6.07, 6.45) is 5.61. The highest BCUT2D eigenvalue weighted by atomic mass is 16.5. The first kappa shape index (κ1) is 11.4. The van der Waals surface area contributed by atoms with E-state index >= 15 is 0 Å². The lowest BCUT2D eigenvalue weighted by molar-refractivity contribution is -0.0492. The lowest BCUT2D eigenvalue weighted by atomic mass is 9.84. The number of hydrogen-bond acceptors (Lipinski definition) is 3. The van der Waals surface area contributed by atoms with Crippen molar-refractivity contribution in [1.29, 1.82) is 0 Å². The van der Waals surface area contributed by atoms with Gasteiger partial charge in [0.1, 0.15) is 0 Å². The molecule has 88 valence electrons. The Kier molecular flexibility index (Phi) is 3.65.